The van der Waals surface area contributed by atoms with Crippen LogP contribution in [0.1, 0.15) is 43.5 Å². The Balaban J connectivity index is 1.67. The topological polar surface area (TPSA) is 103 Å². The van der Waals surface area contributed by atoms with Gasteiger partial charge in [-0.15, -0.1) is 0 Å². The number of carbonyl (C=O) groups is 1. The minimum Gasteiger partial charge on any atom is -0.369 e. The summed E-state index contributed by atoms with van der Waals surface area (Å²) in [5.74, 6) is -0.386. The second-order valence-corrected chi connectivity index (χ2v) is 13.3. The van der Waals surface area contributed by atoms with Crippen LogP contribution < -0.4 is 15.5 Å². The Morgan fingerprint density at radius 3 is 2.62 bits per heavy atom. The molecule has 0 aliphatic carbocycles. The number of nitrogens with zero attached hydrogens (tertiary/aromatic N) is 7. The van der Waals surface area contributed by atoms with Crippen LogP contribution in [0.25, 0.3) is 38.6 Å². The number of fused-ring (bicyclic) bond motifs is 3. The molecule has 0 saturated carbocycles. The standard InChI is InChI=1S/C35H36ClFN8O2/c1-8-24(46)43-14-20(6)44-21(16-43)15-42(7)33-27-32(28(36)26(29(33)37)25-18(4)9-10-23-22(25)13-39-41-23)45(35(47)40-34(27)44)31-19(5)11-12-38-30(31)17(2)3/h8-13,17,20-21H,1,14-16H2,2-7H3,(H,39,41). The highest BCUT2D eigenvalue weighted by atomic mass is 35.5. The summed E-state index contributed by atoms with van der Waals surface area (Å²) in [4.78, 5) is 42.4. The first-order valence-electron chi connectivity index (χ1n) is 15.7. The van der Waals surface area contributed by atoms with Crippen molar-refractivity contribution in [3.8, 4) is 16.8 Å². The molecule has 2 aliphatic rings. The van der Waals surface area contributed by atoms with E-state index in [9.17, 15) is 9.59 Å². The van der Waals surface area contributed by atoms with Gasteiger partial charge in [-0.2, -0.15) is 10.1 Å². The number of aryl methyl sites for hydroxylation is 2. The molecular weight excluding hydrogens is 619 g/mol. The third-order valence-electron chi connectivity index (χ3n) is 9.56. The molecule has 242 valence electrons. The van der Waals surface area contributed by atoms with Crippen LogP contribution in [0.4, 0.5) is 15.9 Å². The number of pyridine rings is 1. The van der Waals surface area contributed by atoms with E-state index in [0.29, 0.717) is 58.7 Å². The zero-order valence-electron chi connectivity index (χ0n) is 27.2. The minimum atomic E-state index is -0.547. The fourth-order valence-corrected chi connectivity index (χ4v) is 7.88. The summed E-state index contributed by atoms with van der Waals surface area (Å²) in [5, 5.41) is 8.46. The van der Waals surface area contributed by atoms with Gasteiger partial charge in [-0.25, -0.2) is 9.18 Å². The number of aromatic amines is 1. The number of anilines is 2. The lowest BCUT2D eigenvalue weighted by atomic mass is 9.93. The number of hydrogen-bond acceptors (Lipinski definition) is 7. The number of carbonyl (C=O) groups excluding carboxylic acids is 1. The number of aromatic nitrogens is 5. The van der Waals surface area contributed by atoms with E-state index in [1.807, 2.05) is 64.8 Å². The average molecular weight is 655 g/mol. The molecule has 1 N–H and O–H groups in total. The molecule has 5 heterocycles. The molecular formula is C35H36ClFN8O2. The molecule has 0 spiro atoms. The van der Waals surface area contributed by atoms with E-state index in [0.717, 1.165) is 16.6 Å². The first-order valence-corrected chi connectivity index (χ1v) is 16.1. The number of hydrogen-bond donors (Lipinski definition) is 1. The van der Waals surface area contributed by atoms with Crippen LogP contribution in [-0.2, 0) is 4.79 Å². The third-order valence-corrected chi connectivity index (χ3v) is 9.92. The van der Waals surface area contributed by atoms with E-state index in [4.69, 9.17) is 16.6 Å². The van der Waals surface area contributed by atoms with Gasteiger partial charge in [0.2, 0.25) is 5.91 Å². The number of halogens is 2. The second-order valence-electron chi connectivity index (χ2n) is 13.0. The maximum Gasteiger partial charge on any atom is 0.354 e. The molecule has 12 heteroatoms. The molecule has 2 atom stereocenters. The Hall–Kier alpha value is -4.77. The first-order chi connectivity index (χ1) is 22.4. The van der Waals surface area contributed by atoms with E-state index in [2.05, 4.69) is 26.7 Å². The molecule has 47 heavy (non-hydrogen) atoms. The fourth-order valence-electron chi connectivity index (χ4n) is 7.52. The number of rotatable bonds is 4. The smallest absolute Gasteiger partial charge is 0.354 e. The van der Waals surface area contributed by atoms with E-state index < -0.39 is 11.5 Å². The van der Waals surface area contributed by atoms with E-state index in [1.165, 1.54) is 10.6 Å². The van der Waals surface area contributed by atoms with Crippen molar-refractivity contribution in [2.75, 3.05) is 36.5 Å². The fraction of sp³-hybridized carbons (Fsp3) is 0.343. The van der Waals surface area contributed by atoms with Crippen LogP contribution in [-0.4, -0.2) is 74.3 Å². The molecule has 1 amide bonds. The average Bonchev–Trinajstić information content (AvgIpc) is 3.46. The summed E-state index contributed by atoms with van der Waals surface area (Å²) < 4.78 is 19.1. The summed E-state index contributed by atoms with van der Waals surface area (Å²) in [7, 11) is 1.83. The number of piperazine rings is 1. The minimum absolute atomic E-state index is 0.0372. The summed E-state index contributed by atoms with van der Waals surface area (Å²) in [6.45, 7) is 14.6. The van der Waals surface area contributed by atoms with Crippen LogP contribution in [0, 0.1) is 19.7 Å². The maximum atomic E-state index is 17.6. The highest BCUT2D eigenvalue weighted by molar-refractivity contribution is 6.39. The Morgan fingerprint density at radius 1 is 1.13 bits per heavy atom. The lowest BCUT2D eigenvalue weighted by Crippen LogP contribution is -2.61. The van der Waals surface area contributed by atoms with Gasteiger partial charge in [0.1, 0.15) is 5.82 Å². The molecule has 2 aromatic carbocycles. The van der Waals surface area contributed by atoms with E-state index in [1.54, 1.807) is 17.3 Å². The maximum absolute atomic E-state index is 17.6. The highest BCUT2D eigenvalue weighted by Crippen LogP contribution is 2.50. The second kappa shape index (κ2) is 11.2. The number of likely N-dealkylation sites (N-methyl/N-ethyl adjacent to an activating group) is 1. The van der Waals surface area contributed by atoms with Crippen LogP contribution in [0.2, 0.25) is 5.02 Å². The molecule has 0 bridgehead atoms. The predicted octanol–water partition coefficient (Wildman–Crippen LogP) is 5.90. The van der Waals surface area contributed by atoms with Gasteiger partial charge in [0, 0.05) is 55.4 Å². The normalized spacial score (nSPS) is 17.9. The number of nitrogens with one attached hydrogen (secondary N) is 1. The molecule has 1 fully saturated rings. The molecule has 10 nitrogen and oxygen atoms in total. The SMILES string of the molecule is C=CC(=O)N1CC(C)N2c3nc(=O)n(-c4c(C)ccnc4C(C)C)c4c(Cl)c(-c5c(C)ccc6[nH]ncc56)c(F)c(c34)N(C)CC2C1. The lowest BCUT2D eigenvalue weighted by molar-refractivity contribution is -0.127. The summed E-state index contributed by atoms with van der Waals surface area (Å²) in [6.07, 6.45) is 4.70. The van der Waals surface area contributed by atoms with Crippen molar-refractivity contribution in [2.45, 2.75) is 52.6 Å². The van der Waals surface area contributed by atoms with Crippen molar-refractivity contribution in [1.82, 2.24) is 29.6 Å². The summed E-state index contributed by atoms with van der Waals surface area (Å²) in [6, 6.07) is 5.12. The Bertz CT molecular complexity index is 2190. The predicted molar refractivity (Wildman–Crippen MR) is 185 cm³/mol. The van der Waals surface area contributed by atoms with Gasteiger partial charge < -0.3 is 14.7 Å². The van der Waals surface area contributed by atoms with E-state index >= 15 is 4.39 Å². The van der Waals surface area contributed by atoms with Gasteiger partial charge in [-0.05, 0) is 56.0 Å². The quantitative estimate of drug-likeness (QED) is 0.241. The van der Waals surface area contributed by atoms with Crippen molar-refractivity contribution in [1.29, 1.82) is 0 Å². The van der Waals surface area contributed by atoms with Gasteiger partial charge in [0.25, 0.3) is 0 Å². The zero-order valence-corrected chi connectivity index (χ0v) is 28.0. The first kappa shape index (κ1) is 30.9. The molecule has 1 saturated heterocycles. The van der Waals surface area contributed by atoms with Crippen molar-refractivity contribution < 1.29 is 9.18 Å². The van der Waals surface area contributed by atoms with Crippen molar-refractivity contribution in [3.63, 3.8) is 0 Å². The van der Waals surface area contributed by atoms with Crippen molar-refractivity contribution in [2.24, 2.45) is 0 Å². The number of benzene rings is 2. The van der Waals surface area contributed by atoms with Crippen molar-refractivity contribution >= 4 is 50.8 Å². The Morgan fingerprint density at radius 2 is 1.89 bits per heavy atom. The van der Waals surface area contributed by atoms with Crippen LogP contribution in [0.5, 0.6) is 0 Å². The Kier molecular flexibility index (Phi) is 7.35. The van der Waals surface area contributed by atoms with Gasteiger partial charge in [-0.1, -0.05) is 38.1 Å². The lowest BCUT2D eigenvalue weighted by Gasteiger charge is -2.46. The monoisotopic (exact) mass is 654 g/mol. The van der Waals surface area contributed by atoms with Crippen LogP contribution in [0.15, 0.2) is 48.0 Å². The molecule has 3 aromatic heterocycles. The van der Waals surface area contributed by atoms with Gasteiger partial charge >= 0.3 is 5.69 Å². The van der Waals surface area contributed by atoms with Crippen LogP contribution in [0.3, 0.4) is 0 Å². The van der Waals surface area contributed by atoms with Crippen LogP contribution >= 0.6 is 11.6 Å². The molecule has 0 radical (unpaired) electrons. The van der Waals surface area contributed by atoms with Gasteiger partial charge in [0.05, 0.1) is 50.7 Å². The molecule has 2 unspecified atom stereocenters. The van der Waals surface area contributed by atoms with E-state index in [-0.39, 0.29) is 40.2 Å². The summed E-state index contributed by atoms with van der Waals surface area (Å²) in [5.41, 5.74) is 4.48. The number of H-pyrrole nitrogens is 1. The zero-order chi connectivity index (χ0) is 33.5. The number of amides is 1. The molecule has 7 rings (SSSR count). The Labute approximate surface area is 276 Å². The van der Waals surface area contributed by atoms with Gasteiger partial charge in [-0.3, -0.25) is 19.4 Å². The largest absolute Gasteiger partial charge is 0.369 e. The third kappa shape index (κ3) is 4.54. The van der Waals surface area contributed by atoms with Crippen molar-refractivity contribution in [3.05, 3.63) is 81.4 Å². The van der Waals surface area contributed by atoms with Gasteiger partial charge in [0.15, 0.2) is 5.82 Å². The summed E-state index contributed by atoms with van der Waals surface area (Å²) >= 11 is 7.47. The molecule has 5 aromatic rings. The molecule has 2 aliphatic heterocycles. The highest BCUT2D eigenvalue weighted by Gasteiger charge is 2.41.